The van der Waals surface area contributed by atoms with E-state index in [0.29, 0.717) is 10.6 Å². The number of halogens is 1. The van der Waals surface area contributed by atoms with E-state index in [4.69, 9.17) is 16.7 Å². The van der Waals surface area contributed by atoms with Crippen LogP contribution in [0.3, 0.4) is 0 Å². The number of hydrogen-bond donors (Lipinski definition) is 2. The maximum Gasteiger partial charge on any atom is 1.00 e. The fourth-order valence-corrected chi connectivity index (χ4v) is 1.07. The van der Waals surface area contributed by atoms with Gasteiger partial charge in [-0.3, -0.25) is 0 Å². The Bertz CT molecular complexity index is 348. The molecule has 1 rings (SSSR count). The Labute approximate surface area is 115 Å². The minimum atomic E-state index is -1.09. The molecular weight excluding hydrogens is 227 g/mol. The molecule has 2 N–H and O–H groups in total. The molecule has 5 heteroatoms. The topological polar surface area (TPSA) is 57.5 Å². The second kappa shape index (κ2) is 7.04. The molecule has 0 radical (unpaired) electrons. The van der Waals surface area contributed by atoms with Crippen molar-refractivity contribution in [1.82, 2.24) is 0 Å². The molecule has 0 heterocycles. The summed E-state index contributed by atoms with van der Waals surface area (Å²) in [5.41, 5.74) is 0.604. The SMILES string of the molecule is O=C(O)/C=C/C(O)c1ccc(Cl)cc1.[Na+]. The van der Waals surface area contributed by atoms with E-state index in [1.807, 2.05) is 0 Å². The second-order valence-corrected chi connectivity index (χ2v) is 3.13. The first kappa shape index (κ1) is 14.7. The van der Waals surface area contributed by atoms with Crippen molar-refractivity contribution >= 4 is 17.6 Å². The molecule has 1 atom stereocenters. The number of aliphatic carboxylic acids is 1. The van der Waals surface area contributed by atoms with Gasteiger partial charge in [0, 0.05) is 11.1 Å². The van der Waals surface area contributed by atoms with Crippen molar-refractivity contribution in [2.24, 2.45) is 0 Å². The van der Waals surface area contributed by atoms with Gasteiger partial charge in [-0.25, -0.2) is 4.79 Å². The smallest absolute Gasteiger partial charge is 0.478 e. The minimum absolute atomic E-state index is 0. The van der Waals surface area contributed by atoms with Crippen LogP contribution in [-0.4, -0.2) is 16.2 Å². The van der Waals surface area contributed by atoms with E-state index in [-0.39, 0.29) is 29.6 Å². The number of aliphatic hydroxyl groups excluding tert-OH is 1. The molecule has 0 aliphatic heterocycles. The van der Waals surface area contributed by atoms with E-state index < -0.39 is 12.1 Å². The van der Waals surface area contributed by atoms with Gasteiger partial charge in [0.25, 0.3) is 0 Å². The third kappa shape index (κ3) is 5.35. The third-order valence-electron chi connectivity index (χ3n) is 1.63. The van der Waals surface area contributed by atoms with Gasteiger partial charge in [-0.1, -0.05) is 23.7 Å². The summed E-state index contributed by atoms with van der Waals surface area (Å²) in [6.45, 7) is 0. The van der Waals surface area contributed by atoms with Crippen LogP contribution in [0.25, 0.3) is 0 Å². The Morgan fingerprint density at radius 1 is 1.33 bits per heavy atom. The van der Waals surface area contributed by atoms with E-state index in [1.54, 1.807) is 24.3 Å². The van der Waals surface area contributed by atoms with Crippen LogP contribution in [0.1, 0.15) is 11.7 Å². The van der Waals surface area contributed by atoms with Crippen LogP contribution in [-0.2, 0) is 4.79 Å². The van der Waals surface area contributed by atoms with E-state index in [2.05, 4.69) is 0 Å². The summed E-state index contributed by atoms with van der Waals surface area (Å²) in [6.07, 6.45) is 1.19. The molecule has 15 heavy (non-hydrogen) atoms. The van der Waals surface area contributed by atoms with Crippen LogP contribution in [0.15, 0.2) is 36.4 Å². The van der Waals surface area contributed by atoms with Crippen LogP contribution < -0.4 is 29.6 Å². The van der Waals surface area contributed by atoms with Crippen LogP contribution in [0.5, 0.6) is 0 Å². The summed E-state index contributed by atoms with van der Waals surface area (Å²) < 4.78 is 0. The molecule has 0 saturated carbocycles. The van der Waals surface area contributed by atoms with Crippen LogP contribution in [0.2, 0.25) is 5.02 Å². The average molecular weight is 236 g/mol. The number of carboxylic acids is 1. The Hall–Kier alpha value is -0.320. The molecule has 1 aromatic carbocycles. The number of benzene rings is 1. The summed E-state index contributed by atoms with van der Waals surface area (Å²) >= 11 is 5.65. The zero-order valence-electron chi connectivity index (χ0n) is 8.22. The Kier molecular flexibility index (Phi) is 6.89. The van der Waals surface area contributed by atoms with Crippen molar-refractivity contribution in [3.63, 3.8) is 0 Å². The number of aliphatic hydroxyl groups is 1. The predicted octanol–water partition coefficient (Wildman–Crippen LogP) is -0.982. The van der Waals surface area contributed by atoms with Crippen molar-refractivity contribution < 1.29 is 44.6 Å². The Morgan fingerprint density at radius 2 is 1.87 bits per heavy atom. The molecule has 3 nitrogen and oxygen atoms in total. The van der Waals surface area contributed by atoms with Crippen molar-refractivity contribution in [2.75, 3.05) is 0 Å². The van der Waals surface area contributed by atoms with Crippen molar-refractivity contribution in [2.45, 2.75) is 6.10 Å². The first-order valence-electron chi connectivity index (χ1n) is 3.94. The summed E-state index contributed by atoms with van der Waals surface area (Å²) in [4.78, 5) is 10.2. The quantitative estimate of drug-likeness (QED) is 0.523. The third-order valence-corrected chi connectivity index (χ3v) is 1.88. The number of hydrogen-bond acceptors (Lipinski definition) is 2. The fourth-order valence-electron chi connectivity index (χ4n) is 0.945. The van der Waals surface area contributed by atoms with Crippen LogP contribution in [0.4, 0.5) is 0 Å². The fraction of sp³-hybridized carbons (Fsp3) is 0.100. The zero-order valence-corrected chi connectivity index (χ0v) is 11.0. The molecule has 74 valence electrons. The number of carbonyl (C=O) groups is 1. The molecule has 0 saturated heterocycles. The predicted molar refractivity (Wildman–Crippen MR) is 53.2 cm³/mol. The van der Waals surface area contributed by atoms with Gasteiger partial charge in [0.2, 0.25) is 0 Å². The van der Waals surface area contributed by atoms with Crippen LogP contribution >= 0.6 is 11.6 Å². The molecule has 0 fully saturated rings. The Morgan fingerprint density at radius 3 is 2.33 bits per heavy atom. The van der Waals surface area contributed by atoms with E-state index >= 15 is 0 Å². The van der Waals surface area contributed by atoms with Gasteiger partial charge < -0.3 is 10.2 Å². The first-order chi connectivity index (χ1) is 6.59. The molecule has 0 aliphatic rings. The standard InChI is InChI=1S/C10H9ClO3.Na/c11-8-3-1-7(2-4-8)9(12)5-6-10(13)14;/h1-6,9,12H,(H,13,14);/q;+1/b6-5+;. The minimum Gasteiger partial charge on any atom is -0.478 e. The van der Waals surface area contributed by atoms with Crippen molar-refractivity contribution in [3.8, 4) is 0 Å². The van der Waals surface area contributed by atoms with Gasteiger partial charge in [0.05, 0.1) is 6.10 Å². The zero-order chi connectivity index (χ0) is 10.6. The molecule has 1 aromatic rings. The Balaban J connectivity index is 0.00000196. The molecule has 1 unspecified atom stereocenters. The largest absolute Gasteiger partial charge is 1.00 e. The van der Waals surface area contributed by atoms with Gasteiger partial charge in [0.15, 0.2) is 0 Å². The molecule has 0 aromatic heterocycles. The molecular formula is C10H9ClNaO3+. The monoisotopic (exact) mass is 235 g/mol. The maximum absolute atomic E-state index is 10.2. The molecule has 0 aliphatic carbocycles. The summed E-state index contributed by atoms with van der Waals surface area (Å²) in [5, 5.41) is 18.4. The van der Waals surface area contributed by atoms with Gasteiger partial charge in [-0.2, -0.15) is 0 Å². The molecule has 0 spiro atoms. The summed E-state index contributed by atoms with van der Waals surface area (Å²) in [6, 6.07) is 6.54. The van der Waals surface area contributed by atoms with E-state index in [1.165, 1.54) is 6.08 Å². The van der Waals surface area contributed by atoms with E-state index in [9.17, 15) is 9.90 Å². The van der Waals surface area contributed by atoms with Crippen molar-refractivity contribution in [1.29, 1.82) is 0 Å². The van der Waals surface area contributed by atoms with Gasteiger partial charge in [0.1, 0.15) is 0 Å². The van der Waals surface area contributed by atoms with Gasteiger partial charge in [-0.05, 0) is 23.8 Å². The van der Waals surface area contributed by atoms with Crippen LogP contribution in [0, 0.1) is 0 Å². The number of carboxylic acid groups (broad SMARTS) is 1. The molecule has 0 amide bonds. The van der Waals surface area contributed by atoms with Crippen molar-refractivity contribution in [3.05, 3.63) is 47.0 Å². The summed E-state index contributed by atoms with van der Waals surface area (Å²) in [5.74, 6) is -1.09. The van der Waals surface area contributed by atoms with Gasteiger partial charge in [-0.15, -0.1) is 0 Å². The normalized spacial score (nSPS) is 12.1. The second-order valence-electron chi connectivity index (χ2n) is 2.69. The van der Waals surface area contributed by atoms with E-state index in [0.717, 1.165) is 6.08 Å². The maximum atomic E-state index is 10.2. The number of rotatable bonds is 3. The summed E-state index contributed by atoms with van der Waals surface area (Å²) in [7, 11) is 0. The van der Waals surface area contributed by atoms with Gasteiger partial charge >= 0.3 is 35.5 Å². The molecule has 0 bridgehead atoms. The first-order valence-corrected chi connectivity index (χ1v) is 4.32. The average Bonchev–Trinajstić information content (AvgIpc) is 2.15.